The zero-order valence-electron chi connectivity index (χ0n) is 17.1. The Morgan fingerprint density at radius 3 is 2.40 bits per heavy atom. The molecule has 0 radical (unpaired) electrons. The van der Waals surface area contributed by atoms with Crippen LogP contribution >= 0.6 is 11.8 Å². The third kappa shape index (κ3) is 5.73. The number of benzene rings is 2. The number of carbonyl (C=O) groups is 3. The maximum absolute atomic E-state index is 12.7. The predicted octanol–water partition coefficient (Wildman–Crippen LogP) is 4.64. The number of esters is 1. The van der Waals surface area contributed by atoms with Crippen molar-refractivity contribution in [1.29, 1.82) is 0 Å². The number of para-hydroxylation sites is 1. The quantitative estimate of drug-likeness (QED) is 0.496. The minimum atomic E-state index is -0.691. The second-order valence-corrected chi connectivity index (χ2v) is 8.66. The van der Waals surface area contributed by atoms with Gasteiger partial charge in [-0.1, -0.05) is 48.5 Å². The fraction of sp³-hybridized carbons (Fsp3) is 0.261. The molecule has 1 saturated heterocycles. The highest BCUT2D eigenvalue weighted by atomic mass is 32.2. The SMILES string of the molecule is CC(C)(C)OC(=O)CN1C(=O)SC(=Cc2ccccc2OCc2ccccc2)C1=O. The zero-order valence-corrected chi connectivity index (χ0v) is 17.9. The zero-order chi connectivity index (χ0) is 21.7. The third-order valence-corrected chi connectivity index (χ3v) is 4.93. The molecule has 2 aromatic rings. The van der Waals surface area contributed by atoms with E-state index in [9.17, 15) is 14.4 Å². The van der Waals surface area contributed by atoms with Gasteiger partial charge in [0.1, 0.15) is 24.5 Å². The molecule has 156 valence electrons. The van der Waals surface area contributed by atoms with E-state index < -0.39 is 29.3 Å². The average Bonchev–Trinajstić information content (AvgIpc) is 2.94. The number of ether oxygens (including phenoxy) is 2. The molecule has 0 unspecified atom stereocenters. The summed E-state index contributed by atoms with van der Waals surface area (Å²) in [6.07, 6.45) is 1.61. The summed E-state index contributed by atoms with van der Waals surface area (Å²) >= 11 is 0.795. The van der Waals surface area contributed by atoms with Crippen molar-refractivity contribution in [3.63, 3.8) is 0 Å². The van der Waals surface area contributed by atoms with Crippen molar-refractivity contribution in [2.24, 2.45) is 0 Å². The topological polar surface area (TPSA) is 72.9 Å². The number of hydrogen-bond donors (Lipinski definition) is 0. The second kappa shape index (κ2) is 9.17. The summed E-state index contributed by atoms with van der Waals surface area (Å²) in [6.45, 7) is 5.15. The Morgan fingerprint density at radius 1 is 1.03 bits per heavy atom. The number of hydrogen-bond acceptors (Lipinski definition) is 6. The van der Waals surface area contributed by atoms with Crippen LogP contribution in [0.4, 0.5) is 4.79 Å². The average molecular weight is 426 g/mol. The van der Waals surface area contributed by atoms with Gasteiger partial charge in [0.2, 0.25) is 0 Å². The molecule has 1 aliphatic heterocycles. The smallest absolute Gasteiger partial charge is 0.326 e. The molecule has 0 aliphatic carbocycles. The van der Waals surface area contributed by atoms with Gasteiger partial charge >= 0.3 is 5.97 Å². The Hall–Kier alpha value is -3.06. The van der Waals surface area contributed by atoms with Crippen molar-refractivity contribution in [3.8, 4) is 5.75 Å². The van der Waals surface area contributed by atoms with E-state index in [0.717, 1.165) is 22.2 Å². The molecule has 0 saturated carbocycles. The van der Waals surface area contributed by atoms with Gasteiger partial charge in [0.15, 0.2) is 0 Å². The molecule has 0 spiro atoms. The summed E-state index contributed by atoms with van der Waals surface area (Å²) in [7, 11) is 0. The predicted molar refractivity (Wildman–Crippen MR) is 116 cm³/mol. The van der Waals surface area contributed by atoms with E-state index in [0.29, 0.717) is 17.9 Å². The van der Waals surface area contributed by atoms with Crippen LogP contribution in [0.2, 0.25) is 0 Å². The largest absolute Gasteiger partial charge is 0.488 e. The molecule has 2 aromatic carbocycles. The monoisotopic (exact) mass is 425 g/mol. The van der Waals surface area contributed by atoms with Crippen molar-refractivity contribution in [2.75, 3.05) is 6.54 Å². The Kier molecular flexibility index (Phi) is 6.62. The molecular weight excluding hydrogens is 402 g/mol. The lowest BCUT2D eigenvalue weighted by Crippen LogP contribution is -2.37. The lowest BCUT2D eigenvalue weighted by atomic mass is 10.1. The van der Waals surface area contributed by atoms with Crippen LogP contribution in [-0.2, 0) is 20.9 Å². The van der Waals surface area contributed by atoms with E-state index >= 15 is 0 Å². The molecule has 0 bridgehead atoms. The Bertz CT molecular complexity index is 979. The molecule has 6 nitrogen and oxygen atoms in total. The van der Waals surface area contributed by atoms with Gasteiger partial charge in [-0.25, -0.2) is 0 Å². The Balaban J connectivity index is 1.73. The summed E-state index contributed by atoms with van der Waals surface area (Å²) in [6, 6.07) is 17.0. The maximum Gasteiger partial charge on any atom is 0.326 e. The number of rotatable bonds is 6. The van der Waals surface area contributed by atoms with Crippen LogP contribution < -0.4 is 4.74 Å². The van der Waals surface area contributed by atoms with E-state index in [-0.39, 0.29) is 4.91 Å². The molecule has 0 atom stereocenters. The molecule has 0 N–H and O–H groups in total. The first-order valence-corrected chi connectivity index (χ1v) is 10.3. The summed E-state index contributed by atoms with van der Waals surface area (Å²) in [5.41, 5.74) is 1.00. The lowest BCUT2D eigenvalue weighted by molar-refractivity contribution is -0.156. The van der Waals surface area contributed by atoms with Crippen LogP contribution in [0, 0.1) is 0 Å². The van der Waals surface area contributed by atoms with Gasteiger partial charge in [-0.15, -0.1) is 0 Å². The van der Waals surface area contributed by atoms with E-state index in [2.05, 4.69) is 0 Å². The lowest BCUT2D eigenvalue weighted by Gasteiger charge is -2.21. The number of carbonyl (C=O) groups excluding carboxylic acids is 3. The molecule has 30 heavy (non-hydrogen) atoms. The molecule has 7 heteroatoms. The number of amides is 2. The summed E-state index contributed by atoms with van der Waals surface area (Å²) < 4.78 is 11.1. The molecule has 1 aliphatic rings. The van der Waals surface area contributed by atoms with Crippen molar-refractivity contribution in [1.82, 2.24) is 4.90 Å². The highest BCUT2D eigenvalue weighted by Gasteiger charge is 2.37. The van der Waals surface area contributed by atoms with Crippen LogP contribution in [0.25, 0.3) is 6.08 Å². The highest BCUT2D eigenvalue weighted by molar-refractivity contribution is 8.18. The van der Waals surface area contributed by atoms with E-state index in [1.54, 1.807) is 32.9 Å². The van der Waals surface area contributed by atoms with E-state index in [4.69, 9.17) is 9.47 Å². The van der Waals surface area contributed by atoms with Crippen LogP contribution in [0.3, 0.4) is 0 Å². The number of nitrogens with zero attached hydrogens (tertiary/aromatic N) is 1. The molecule has 0 aromatic heterocycles. The van der Waals surface area contributed by atoms with Gasteiger partial charge < -0.3 is 9.47 Å². The van der Waals surface area contributed by atoms with Crippen molar-refractivity contribution in [3.05, 3.63) is 70.6 Å². The first-order chi connectivity index (χ1) is 14.2. The van der Waals surface area contributed by atoms with Gasteiger partial charge in [0.25, 0.3) is 11.1 Å². The van der Waals surface area contributed by atoms with E-state index in [1.807, 2.05) is 48.5 Å². The minimum Gasteiger partial charge on any atom is -0.488 e. The Morgan fingerprint density at radius 2 is 1.70 bits per heavy atom. The van der Waals surface area contributed by atoms with E-state index in [1.165, 1.54) is 0 Å². The standard InChI is InChI=1S/C23H23NO5S/c1-23(2,3)29-20(25)14-24-21(26)19(30-22(24)27)13-17-11-7-8-12-18(17)28-15-16-9-5-4-6-10-16/h4-13H,14-15H2,1-3H3. The molecular formula is C23H23NO5S. The fourth-order valence-corrected chi connectivity index (χ4v) is 3.58. The summed E-state index contributed by atoms with van der Waals surface area (Å²) in [4.78, 5) is 38.1. The normalized spacial score (nSPS) is 15.6. The molecule has 2 amide bonds. The van der Waals surface area contributed by atoms with Gasteiger partial charge in [0.05, 0.1) is 4.91 Å². The molecule has 1 heterocycles. The van der Waals surface area contributed by atoms with Gasteiger partial charge in [-0.3, -0.25) is 19.3 Å². The maximum atomic E-state index is 12.7. The van der Waals surface area contributed by atoms with Crippen LogP contribution in [0.1, 0.15) is 31.9 Å². The summed E-state index contributed by atoms with van der Waals surface area (Å²) in [5, 5.41) is -0.500. The van der Waals surface area contributed by atoms with Crippen molar-refractivity contribution < 1.29 is 23.9 Å². The minimum absolute atomic E-state index is 0.235. The van der Waals surface area contributed by atoms with Crippen LogP contribution in [-0.4, -0.2) is 34.2 Å². The third-order valence-electron chi connectivity index (χ3n) is 4.02. The number of thioether (sulfide) groups is 1. The first-order valence-electron chi connectivity index (χ1n) is 9.46. The second-order valence-electron chi connectivity index (χ2n) is 7.67. The Labute approximate surface area is 179 Å². The van der Waals surface area contributed by atoms with Gasteiger partial charge in [-0.05, 0) is 50.2 Å². The van der Waals surface area contributed by atoms with Gasteiger partial charge in [0, 0.05) is 5.56 Å². The van der Waals surface area contributed by atoms with Crippen molar-refractivity contribution in [2.45, 2.75) is 33.0 Å². The van der Waals surface area contributed by atoms with Crippen LogP contribution in [0.5, 0.6) is 5.75 Å². The van der Waals surface area contributed by atoms with Gasteiger partial charge in [-0.2, -0.15) is 0 Å². The molecule has 1 fully saturated rings. The first kappa shape index (κ1) is 21.6. The number of imide groups is 1. The van der Waals surface area contributed by atoms with Crippen molar-refractivity contribution >= 4 is 35.0 Å². The fourth-order valence-electron chi connectivity index (χ4n) is 2.75. The van der Waals surface area contributed by atoms with Crippen LogP contribution in [0.15, 0.2) is 59.5 Å². The highest BCUT2D eigenvalue weighted by Crippen LogP contribution is 2.34. The molecule has 3 rings (SSSR count). The summed E-state index contributed by atoms with van der Waals surface area (Å²) in [5.74, 6) is -0.549.